The lowest BCUT2D eigenvalue weighted by Crippen LogP contribution is -2.13. The fourth-order valence-electron chi connectivity index (χ4n) is 1.40. The normalized spacial score (nSPS) is 11.6. The van der Waals surface area contributed by atoms with Crippen LogP contribution in [0.15, 0.2) is 14.8 Å². The molecule has 15 heavy (non-hydrogen) atoms. The highest BCUT2D eigenvalue weighted by Crippen LogP contribution is 2.23. The molecule has 3 rings (SSSR count). The van der Waals surface area contributed by atoms with Crippen LogP contribution in [-0.4, -0.2) is 14.6 Å². The van der Waals surface area contributed by atoms with E-state index in [9.17, 15) is 4.79 Å². The molecule has 0 aliphatic heterocycles. The lowest BCUT2D eigenvalue weighted by atomic mass is 10.4. The maximum absolute atomic E-state index is 12.0. The lowest BCUT2D eigenvalue weighted by Gasteiger charge is -1.89. The molecule has 0 aliphatic carbocycles. The topological polar surface area (TPSA) is 47.3 Å². The molecule has 0 aliphatic rings. The summed E-state index contributed by atoms with van der Waals surface area (Å²) in [5, 5.41) is 4.70. The average Bonchev–Trinajstić information content (AvgIpc) is 2.69. The van der Waals surface area contributed by atoms with Gasteiger partial charge in [-0.15, -0.1) is 16.4 Å². The third kappa shape index (κ3) is 1.34. The van der Waals surface area contributed by atoms with Gasteiger partial charge in [0.25, 0.3) is 5.56 Å². The molecule has 3 aromatic heterocycles. The van der Waals surface area contributed by atoms with Crippen LogP contribution in [0.2, 0.25) is 0 Å². The summed E-state index contributed by atoms with van der Waals surface area (Å²) in [7, 11) is 0. The number of hydrogen-bond donors (Lipinski definition) is 0. The van der Waals surface area contributed by atoms with Crippen molar-refractivity contribution >= 4 is 53.8 Å². The van der Waals surface area contributed by atoms with E-state index in [1.54, 1.807) is 0 Å². The van der Waals surface area contributed by atoms with E-state index >= 15 is 0 Å². The molecule has 0 aromatic carbocycles. The molecule has 0 bridgehead atoms. The predicted molar refractivity (Wildman–Crippen MR) is 65.0 cm³/mol. The SMILES string of the molecule is Cc1cc2c(=O)n3nc(Br)sc3nc2s1. The first-order chi connectivity index (χ1) is 7.15. The van der Waals surface area contributed by atoms with Gasteiger partial charge in [0.05, 0.1) is 5.39 Å². The summed E-state index contributed by atoms with van der Waals surface area (Å²) >= 11 is 6.13. The number of aromatic nitrogens is 3. The van der Waals surface area contributed by atoms with Gasteiger partial charge in [0, 0.05) is 4.88 Å². The first kappa shape index (κ1) is 9.44. The molecular weight excluding hydrogens is 298 g/mol. The van der Waals surface area contributed by atoms with Crippen molar-refractivity contribution in [2.24, 2.45) is 0 Å². The Bertz CT molecular complexity index is 669. The van der Waals surface area contributed by atoms with Gasteiger partial charge in [-0.25, -0.2) is 4.98 Å². The second kappa shape index (κ2) is 3.10. The van der Waals surface area contributed by atoms with Gasteiger partial charge in [0.2, 0.25) is 4.96 Å². The maximum atomic E-state index is 12.0. The molecular formula is C8H4BrN3OS2. The summed E-state index contributed by atoms with van der Waals surface area (Å²) in [5.74, 6) is 0. The van der Waals surface area contributed by atoms with Crippen LogP contribution in [0.5, 0.6) is 0 Å². The van der Waals surface area contributed by atoms with Gasteiger partial charge in [0.15, 0.2) is 3.92 Å². The zero-order valence-corrected chi connectivity index (χ0v) is 10.7. The minimum Gasteiger partial charge on any atom is -0.267 e. The van der Waals surface area contributed by atoms with Crippen LogP contribution in [-0.2, 0) is 0 Å². The van der Waals surface area contributed by atoms with E-state index in [-0.39, 0.29) is 5.56 Å². The van der Waals surface area contributed by atoms with Crippen molar-refractivity contribution in [1.29, 1.82) is 0 Å². The zero-order valence-electron chi connectivity index (χ0n) is 7.52. The molecule has 7 heteroatoms. The third-order valence-electron chi connectivity index (χ3n) is 1.99. The van der Waals surface area contributed by atoms with Gasteiger partial charge >= 0.3 is 0 Å². The first-order valence-electron chi connectivity index (χ1n) is 4.10. The predicted octanol–water partition coefficient (Wildman–Crippen LogP) is 2.44. The van der Waals surface area contributed by atoms with Crippen LogP contribution >= 0.6 is 38.6 Å². The molecule has 4 nitrogen and oxygen atoms in total. The number of fused-ring (bicyclic) bond motifs is 2. The van der Waals surface area contributed by atoms with Crippen molar-refractivity contribution in [2.75, 3.05) is 0 Å². The van der Waals surface area contributed by atoms with Crippen LogP contribution in [0.3, 0.4) is 0 Å². The number of halogens is 1. The fourth-order valence-corrected chi connectivity index (χ4v) is 3.54. The van der Waals surface area contributed by atoms with Crippen LogP contribution in [0.1, 0.15) is 4.88 Å². The number of thiophene rings is 1. The molecule has 0 N–H and O–H groups in total. The Morgan fingerprint density at radius 1 is 1.47 bits per heavy atom. The van der Waals surface area contributed by atoms with E-state index in [0.717, 1.165) is 9.71 Å². The zero-order chi connectivity index (χ0) is 10.6. The average molecular weight is 302 g/mol. The third-order valence-corrected chi connectivity index (χ3v) is 4.28. The van der Waals surface area contributed by atoms with Gasteiger partial charge in [0.1, 0.15) is 4.83 Å². The molecule has 76 valence electrons. The van der Waals surface area contributed by atoms with E-state index in [1.165, 1.54) is 27.2 Å². The summed E-state index contributed by atoms with van der Waals surface area (Å²) < 4.78 is 2.00. The molecule has 3 aromatic rings. The Hall–Kier alpha value is -0.790. The van der Waals surface area contributed by atoms with Crippen LogP contribution in [0, 0.1) is 6.92 Å². The van der Waals surface area contributed by atoms with Crippen molar-refractivity contribution in [1.82, 2.24) is 14.6 Å². The molecule has 0 amide bonds. The molecule has 0 atom stereocenters. The van der Waals surface area contributed by atoms with Crippen molar-refractivity contribution in [3.63, 3.8) is 0 Å². The quantitative estimate of drug-likeness (QED) is 0.641. The second-order valence-corrected chi connectivity index (χ2v) is 6.51. The van der Waals surface area contributed by atoms with E-state index < -0.39 is 0 Å². The number of hydrogen-bond acceptors (Lipinski definition) is 5. The minimum absolute atomic E-state index is 0.0960. The number of aryl methyl sites for hydroxylation is 1. The lowest BCUT2D eigenvalue weighted by molar-refractivity contribution is 0.905. The molecule has 0 fully saturated rings. The number of nitrogens with zero attached hydrogens (tertiary/aromatic N) is 3. The van der Waals surface area contributed by atoms with Gasteiger partial charge < -0.3 is 0 Å². The summed E-state index contributed by atoms with van der Waals surface area (Å²) in [6, 6.07) is 1.86. The van der Waals surface area contributed by atoms with E-state index in [2.05, 4.69) is 26.0 Å². The highest BCUT2D eigenvalue weighted by molar-refractivity contribution is 9.11. The van der Waals surface area contributed by atoms with Crippen LogP contribution < -0.4 is 5.56 Å². The summed E-state index contributed by atoms with van der Waals surface area (Å²) in [5.41, 5.74) is -0.0960. The molecule has 0 radical (unpaired) electrons. The van der Waals surface area contributed by atoms with E-state index in [0.29, 0.717) is 14.3 Å². The van der Waals surface area contributed by atoms with E-state index in [1.807, 2.05) is 13.0 Å². The molecule has 0 spiro atoms. The van der Waals surface area contributed by atoms with Crippen molar-refractivity contribution in [3.05, 3.63) is 25.2 Å². The van der Waals surface area contributed by atoms with Gasteiger partial charge in [-0.3, -0.25) is 4.79 Å². The highest BCUT2D eigenvalue weighted by atomic mass is 79.9. The molecule has 3 heterocycles. The molecule has 0 saturated carbocycles. The largest absolute Gasteiger partial charge is 0.283 e. The van der Waals surface area contributed by atoms with Crippen molar-refractivity contribution in [2.45, 2.75) is 6.92 Å². The van der Waals surface area contributed by atoms with Crippen molar-refractivity contribution < 1.29 is 0 Å². The monoisotopic (exact) mass is 301 g/mol. The van der Waals surface area contributed by atoms with Gasteiger partial charge in [-0.05, 0) is 28.9 Å². The van der Waals surface area contributed by atoms with Crippen LogP contribution in [0.25, 0.3) is 15.2 Å². The Morgan fingerprint density at radius 3 is 3.07 bits per heavy atom. The fraction of sp³-hybridized carbons (Fsp3) is 0.125. The second-order valence-electron chi connectivity index (χ2n) is 3.04. The van der Waals surface area contributed by atoms with Crippen LogP contribution in [0.4, 0.5) is 0 Å². The Kier molecular flexibility index (Phi) is 1.95. The Balaban J connectivity index is 2.62. The Morgan fingerprint density at radius 2 is 2.27 bits per heavy atom. The highest BCUT2D eigenvalue weighted by Gasteiger charge is 2.11. The molecule has 0 unspecified atom stereocenters. The summed E-state index contributed by atoms with van der Waals surface area (Å²) in [4.78, 5) is 18.9. The van der Waals surface area contributed by atoms with Gasteiger partial charge in [-0.1, -0.05) is 11.3 Å². The standard InChI is InChI=1S/C8H4BrN3OS2/c1-3-2-4-5(14-3)10-8-12(6(4)13)11-7(9)15-8/h2H,1H3. The summed E-state index contributed by atoms with van der Waals surface area (Å²) in [6.45, 7) is 1.97. The van der Waals surface area contributed by atoms with Gasteiger partial charge in [-0.2, -0.15) is 4.52 Å². The Labute approximate surface area is 100 Å². The van der Waals surface area contributed by atoms with E-state index in [4.69, 9.17) is 0 Å². The smallest absolute Gasteiger partial charge is 0.267 e. The summed E-state index contributed by atoms with van der Waals surface area (Å²) in [6.07, 6.45) is 0. The molecule has 0 saturated heterocycles. The maximum Gasteiger partial charge on any atom is 0.283 e. The number of rotatable bonds is 0. The van der Waals surface area contributed by atoms with Crippen molar-refractivity contribution in [3.8, 4) is 0 Å². The first-order valence-corrected chi connectivity index (χ1v) is 6.53. The minimum atomic E-state index is -0.0960.